The summed E-state index contributed by atoms with van der Waals surface area (Å²) in [5.41, 5.74) is 3.94. The van der Waals surface area contributed by atoms with Crippen LogP contribution in [0.25, 0.3) is 5.82 Å². The van der Waals surface area contributed by atoms with Crippen LogP contribution in [-0.2, 0) is 5.41 Å². The number of hydrogen-bond acceptors (Lipinski definition) is 3. The van der Waals surface area contributed by atoms with Crippen molar-refractivity contribution < 1.29 is 4.79 Å². The van der Waals surface area contributed by atoms with Gasteiger partial charge in [-0.1, -0.05) is 44.5 Å². The molecule has 140 valence electrons. The first kappa shape index (κ1) is 19.1. The van der Waals surface area contributed by atoms with Crippen molar-refractivity contribution in [1.29, 1.82) is 0 Å². The minimum atomic E-state index is -0.355. The van der Waals surface area contributed by atoms with Gasteiger partial charge in [0, 0.05) is 11.4 Å². The van der Waals surface area contributed by atoms with Gasteiger partial charge in [0.15, 0.2) is 5.82 Å². The molecule has 0 radical (unpaired) electrons. The summed E-state index contributed by atoms with van der Waals surface area (Å²) in [5.74, 6) is 0.199. The lowest BCUT2D eigenvalue weighted by Crippen LogP contribution is -2.16. The molecule has 1 amide bonds. The molecule has 0 atom stereocenters. The van der Waals surface area contributed by atoms with Crippen molar-refractivity contribution in [3.05, 3.63) is 70.1 Å². The number of anilines is 1. The molecule has 3 rings (SSSR count). The Kier molecular flexibility index (Phi) is 5.07. The molecule has 0 fully saturated rings. The number of halogens is 1. The van der Waals surface area contributed by atoms with E-state index >= 15 is 0 Å². The van der Waals surface area contributed by atoms with E-state index in [4.69, 9.17) is 11.6 Å². The van der Waals surface area contributed by atoms with Gasteiger partial charge in [0.2, 0.25) is 0 Å². The van der Waals surface area contributed by atoms with Crippen molar-refractivity contribution in [2.75, 3.05) is 5.32 Å². The Morgan fingerprint density at radius 3 is 2.30 bits per heavy atom. The van der Waals surface area contributed by atoms with Crippen LogP contribution in [0.3, 0.4) is 0 Å². The number of amides is 1. The van der Waals surface area contributed by atoms with E-state index in [1.165, 1.54) is 5.56 Å². The van der Waals surface area contributed by atoms with Gasteiger partial charge in [-0.3, -0.25) is 4.79 Å². The van der Waals surface area contributed by atoms with Gasteiger partial charge in [0.25, 0.3) is 5.91 Å². The number of carbonyl (C=O) groups is 1. The second-order valence-corrected chi connectivity index (χ2v) is 8.03. The van der Waals surface area contributed by atoms with Gasteiger partial charge in [-0.25, -0.2) is 9.67 Å². The Morgan fingerprint density at radius 2 is 1.74 bits per heavy atom. The average Bonchev–Trinajstić information content (AvgIpc) is 2.93. The van der Waals surface area contributed by atoms with E-state index in [9.17, 15) is 4.79 Å². The summed E-state index contributed by atoms with van der Waals surface area (Å²) in [6.07, 6.45) is 0. The van der Waals surface area contributed by atoms with Crippen molar-refractivity contribution in [2.45, 2.75) is 40.0 Å². The summed E-state index contributed by atoms with van der Waals surface area (Å²) in [5, 5.41) is 7.56. The second kappa shape index (κ2) is 7.16. The largest absolute Gasteiger partial charge is 0.321 e. The monoisotopic (exact) mass is 382 g/mol. The molecule has 5 nitrogen and oxygen atoms in total. The van der Waals surface area contributed by atoms with Gasteiger partial charge in [-0.05, 0) is 55.2 Å². The Hall–Kier alpha value is -2.66. The number of benzene rings is 1. The quantitative estimate of drug-likeness (QED) is 0.686. The zero-order valence-electron chi connectivity index (χ0n) is 16.2. The Balaban J connectivity index is 1.86. The third kappa shape index (κ3) is 4.19. The summed E-state index contributed by atoms with van der Waals surface area (Å²) in [6, 6.07) is 13.2. The molecule has 0 unspecified atom stereocenters. The molecule has 0 bridgehead atoms. The van der Waals surface area contributed by atoms with Crippen molar-refractivity contribution in [2.24, 2.45) is 0 Å². The van der Waals surface area contributed by atoms with Crippen LogP contribution in [0.15, 0.2) is 42.5 Å². The number of nitrogens with zero attached hydrogens (tertiary/aromatic N) is 3. The molecule has 0 aliphatic heterocycles. The van der Waals surface area contributed by atoms with Crippen molar-refractivity contribution in [3.8, 4) is 5.82 Å². The number of aryl methyl sites for hydroxylation is 2. The molecule has 6 heteroatoms. The summed E-state index contributed by atoms with van der Waals surface area (Å²) in [4.78, 5) is 17.1. The van der Waals surface area contributed by atoms with E-state index in [-0.39, 0.29) is 17.0 Å². The van der Waals surface area contributed by atoms with Crippen LogP contribution in [0.2, 0.25) is 5.02 Å². The van der Waals surface area contributed by atoms with Gasteiger partial charge < -0.3 is 5.32 Å². The Morgan fingerprint density at radius 1 is 1.07 bits per heavy atom. The maximum absolute atomic E-state index is 12.7. The topological polar surface area (TPSA) is 59.8 Å². The van der Waals surface area contributed by atoms with E-state index in [1.54, 1.807) is 16.8 Å². The number of rotatable bonds is 3. The summed E-state index contributed by atoms with van der Waals surface area (Å²) in [6.45, 7) is 10.3. The first-order chi connectivity index (χ1) is 12.6. The highest BCUT2D eigenvalue weighted by Gasteiger charge is 2.17. The summed E-state index contributed by atoms with van der Waals surface area (Å²) >= 11 is 6.22. The fraction of sp³-hybridized carbons (Fsp3) is 0.286. The fourth-order valence-corrected chi connectivity index (χ4v) is 3.00. The molecule has 0 saturated carbocycles. The molecule has 0 aliphatic rings. The smallest absolute Gasteiger partial charge is 0.275 e. The van der Waals surface area contributed by atoms with E-state index in [1.807, 2.05) is 44.2 Å². The van der Waals surface area contributed by atoms with E-state index < -0.39 is 0 Å². The predicted octanol–water partition coefficient (Wildman–Crippen LogP) is 5.09. The minimum Gasteiger partial charge on any atom is -0.321 e. The lowest BCUT2D eigenvalue weighted by atomic mass is 9.87. The number of hydrogen-bond donors (Lipinski definition) is 1. The lowest BCUT2D eigenvalue weighted by molar-refractivity contribution is 0.102. The Bertz CT molecular complexity index is 984. The molecule has 0 aliphatic carbocycles. The first-order valence-electron chi connectivity index (χ1n) is 8.77. The molecule has 3 aromatic rings. The maximum Gasteiger partial charge on any atom is 0.275 e. The lowest BCUT2D eigenvalue weighted by Gasteiger charge is -2.19. The van der Waals surface area contributed by atoms with E-state index in [2.05, 4.69) is 36.2 Å². The molecule has 0 spiro atoms. The zero-order valence-corrected chi connectivity index (χ0v) is 16.9. The van der Waals surface area contributed by atoms with Gasteiger partial charge in [-0.15, -0.1) is 0 Å². The van der Waals surface area contributed by atoms with Crippen molar-refractivity contribution in [1.82, 2.24) is 14.8 Å². The van der Waals surface area contributed by atoms with Crippen LogP contribution >= 0.6 is 11.6 Å². The van der Waals surface area contributed by atoms with Crippen LogP contribution in [0.5, 0.6) is 0 Å². The predicted molar refractivity (Wildman–Crippen MR) is 109 cm³/mol. The highest BCUT2D eigenvalue weighted by atomic mass is 35.5. The standard InChI is InChI=1S/C21H23ClN4O/c1-13-12-14(2)26(25-13)18-11-10-17(22)19(24-18)20(27)23-16-8-6-15(7-9-16)21(3,4)5/h6-12H,1-5H3,(H,23,27). The first-order valence-corrected chi connectivity index (χ1v) is 9.15. The maximum atomic E-state index is 12.7. The molecule has 2 aromatic heterocycles. The van der Waals surface area contributed by atoms with Crippen LogP contribution in [0.1, 0.15) is 48.2 Å². The molecule has 1 aromatic carbocycles. The number of pyridine rings is 1. The normalized spacial score (nSPS) is 11.5. The van der Waals surface area contributed by atoms with Crippen LogP contribution in [0, 0.1) is 13.8 Å². The van der Waals surface area contributed by atoms with Crippen LogP contribution in [-0.4, -0.2) is 20.7 Å². The molecule has 0 saturated heterocycles. The van der Waals surface area contributed by atoms with Gasteiger partial charge >= 0.3 is 0 Å². The number of nitrogens with one attached hydrogen (secondary N) is 1. The Labute approximate surface area is 164 Å². The highest BCUT2D eigenvalue weighted by molar-refractivity contribution is 6.34. The third-order valence-corrected chi connectivity index (χ3v) is 4.59. The number of aromatic nitrogens is 3. The molecular formula is C21H23ClN4O. The third-order valence-electron chi connectivity index (χ3n) is 4.28. The van der Waals surface area contributed by atoms with E-state index in [0.29, 0.717) is 16.5 Å². The summed E-state index contributed by atoms with van der Waals surface area (Å²) < 4.78 is 1.70. The average molecular weight is 383 g/mol. The molecule has 27 heavy (non-hydrogen) atoms. The van der Waals surface area contributed by atoms with Crippen LogP contribution < -0.4 is 5.32 Å². The van der Waals surface area contributed by atoms with Crippen molar-refractivity contribution >= 4 is 23.2 Å². The molecule has 1 N–H and O–H groups in total. The zero-order chi connectivity index (χ0) is 19.8. The second-order valence-electron chi connectivity index (χ2n) is 7.62. The minimum absolute atomic E-state index is 0.0570. The van der Waals surface area contributed by atoms with Gasteiger partial charge in [-0.2, -0.15) is 5.10 Å². The molecule has 2 heterocycles. The number of carbonyl (C=O) groups excluding carboxylic acids is 1. The SMILES string of the molecule is Cc1cc(C)n(-c2ccc(Cl)c(C(=O)Nc3ccc(C(C)(C)C)cc3)n2)n1. The van der Waals surface area contributed by atoms with E-state index in [0.717, 1.165) is 11.4 Å². The fourth-order valence-electron chi connectivity index (χ4n) is 2.81. The summed E-state index contributed by atoms with van der Waals surface area (Å²) in [7, 11) is 0. The van der Waals surface area contributed by atoms with Gasteiger partial charge in [0.1, 0.15) is 5.69 Å². The highest BCUT2D eigenvalue weighted by Crippen LogP contribution is 2.24. The van der Waals surface area contributed by atoms with Gasteiger partial charge in [0.05, 0.1) is 10.7 Å². The molecular weight excluding hydrogens is 360 g/mol. The van der Waals surface area contributed by atoms with Crippen LogP contribution in [0.4, 0.5) is 5.69 Å². The van der Waals surface area contributed by atoms with Crippen molar-refractivity contribution in [3.63, 3.8) is 0 Å².